The first-order valence-electron chi connectivity index (χ1n) is 9.77. The highest BCUT2D eigenvalue weighted by Crippen LogP contribution is 2.35. The van der Waals surface area contributed by atoms with E-state index in [1.165, 1.54) is 19.3 Å². The van der Waals surface area contributed by atoms with Crippen molar-refractivity contribution in [2.75, 3.05) is 6.54 Å². The Labute approximate surface area is 162 Å². The number of hydrogen-bond donors (Lipinski definition) is 2. The normalized spacial score (nSPS) is 18.3. The molecule has 27 heavy (non-hydrogen) atoms. The van der Waals surface area contributed by atoms with Gasteiger partial charge in [0.05, 0.1) is 0 Å². The van der Waals surface area contributed by atoms with Crippen LogP contribution in [0.25, 0.3) is 0 Å². The highest BCUT2D eigenvalue weighted by atomic mass is 16.1. The summed E-state index contributed by atoms with van der Waals surface area (Å²) in [6.45, 7) is 6.38. The minimum absolute atomic E-state index is 0.0143. The Morgan fingerprint density at radius 1 is 1.30 bits per heavy atom. The van der Waals surface area contributed by atoms with Crippen molar-refractivity contribution in [3.63, 3.8) is 0 Å². The van der Waals surface area contributed by atoms with Crippen LogP contribution in [0.1, 0.15) is 54.9 Å². The van der Waals surface area contributed by atoms with Gasteiger partial charge >= 0.3 is 0 Å². The zero-order chi connectivity index (χ0) is 19.1. The van der Waals surface area contributed by atoms with Crippen LogP contribution in [-0.4, -0.2) is 24.0 Å². The first kappa shape index (κ1) is 19.2. The molecule has 3 nitrogen and oxygen atoms in total. The Kier molecular flexibility index (Phi) is 6.32. The van der Waals surface area contributed by atoms with Crippen molar-refractivity contribution in [2.45, 2.75) is 50.6 Å². The summed E-state index contributed by atoms with van der Waals surface area (Å²) in [6.07, 6.45) is 13.6. The van der Waals surface area contributed by atoms with Crippen molar-refractivity contribution < 1.29 is 4.79 Å². The molecule has 2 saturated carbocycles. The SMILES string of the molecule is C=C/C=C(C#Cc1ccc(C(=O)NCC2(NC3CC3)CCC2)cc1)\C=C/C. The number of amides is 1. The van der Waals surface area contributed by atoms with E-state index in [9.17, 15) is 4.79 Å². The topological polar surface area (TPSA) is 41.1 Å². The molecule has 2 aliphatic carbocycles. The number of hydrogen-bond acceptors (Lipinski definition) is 2. The molecule has 0 aromatic heterocycles. The average Bonchev–Trinajstić information content (AvgIpc) is 3.46. The monoisotopic (exact) mass is 360 g/mol. The summed E-state index contributed by atoms with van der Waals surface area (Å²) >= 11 is 0. The van der Waals surface area contributed by atoms with E-state index in [4.69, 9.17) is 0 Å². The standard InChI is InChI=1S/C24H28N2O/c1-3-6-19(7-4-2)8-9-20-10-12-21(13-11-20)23(27)25-18-24(16-5-17-24)26-22-14-15-22/h3-4,6-7,10-13,22,26H,1,5,14-18H2,2H3,(H,25,27)/b7-4-,19-6+. The van der Waals surface area contributed by atoms with Gasteiger partial charge in [-0.15, -0.1) is 0 Å². The van der Waals surface area contributed by atoms with Crippen molar-refractivity contribution in [1.82, 2.24) is 10.6 Å². The molecule has 0 saturated heterocycles. The second kappa shape index (κ2) is 8.88. The maximum Gasteiger partial charge on any atom is 0.251 e. The Hall–Kier alpha value is -2.57. The molecule has 0 atom stereocenters. The molecule has 2 fully saturated rings. The quantitative estimate of drug-likeness (QED) is 0.567. The summed E-state index contributed by atoms with van der Waals surface area (Å²) in [5.41, 5.74) is 2.60. The van der Waals surface area contributed by atoms with Crippen LogP contribution in [0.4, 0.5) is 0 Å². The molecule has 0 heterocycles. The Balaban J connectivity index is 1.57. The van der Waals surface area contributed by atoms with Gasteiger partial charge in [0.2, 0.25) is 0 Å². The van der Waals surface area contributed by atoms with Crippen LogP contribution < -0.4 is 10.6 Å². The van der Waals surface area contributed by atoms with E-state index < -0.39 is 0 Å². The Morgan fingerprint density at radius 3 is 2.59 bits per heavy atom. The van der Waals surface area contributed by atoms with Crippen molar-refractivity contribution in [3.8, 4) is 11.8 Å². The third-order valence-corrected chi connectivity index (χ3v) is 5.13. The van der Waals surface area contributed by atoms with Crippen molar-refractivity contribution in [2.24, 2.45) is 0 Å². The van der Waals surface area contributed by atoms with Gasteiger partial charge < -0.3 is 10.6 Å². The average molecular weight is 361 g/mol. The van der Waals surface area contributed by atoms with Gasteiger partial charge in [0.1, 0.15) is 0 Å². The lowest BCUT2D eigenvalue weighted by molar-refractivity contribution is 0.0911. The van der Waals surface area contributed by atoms with Gasteiger partial charge in [-0.3, -0.25) is 4.79 Å². The smallest absolute Gasteiger partial charge is 0.251 e. The number of carbonyl (C=O) groups is 1. The fourth-order valence-corrected chi connectivity index (χ4v) is 3.28. The molecule has 140 valence electrons. The van der Waals surface area contributed by atoms with Gasteiger partial charge in [-0.1, -0.05) is 36.6 Å². The zero-order valence-corrected chi connectivity index (χ0v) is 16.1. The maximum absolute atomic E-state index is 12.5. The van der Waals surface area contributed by atoms with Gasteiger partial charge in [-0.05, 0) is 69.4 Å². The van der Waals surface area contributed by atoms with Gasteiger partial charge in [0, 0.05) is 34.8 Å². The number of allylic oxidation sites excluding steroid dienone is 5. The van der Waals surface area contributed by atoms with Crippen LogP contribution >= 0.6 is 0 Å². The Morgan fingerprint density at radius 2 is 2.04 bits per heavy atom. The number of nitrogens with one attached hydrogen (secondary N) is 2. The van der Waals surface area contributed by atoms with Gasteiger partial charge in [0.15, 0.2) is 0 Å². The highest BCUT2D eigenvalue weighted by molar-refractivity contribution is 5.94. The molecule has 3 rings (SSSR count). The molecule has 1 amide bonds. The van der Waals surface area contributed by atoms with Crippen molar-refractivity contribution in [1.29, 1.82) is 0 Å². The highest BCUT2D eigenvalue weighted by Gasteiger charge is 2.41. The third kappa shape index (κ3) is 5.45. The van der Waals surface area contributed by atoms with E-state index in [0.29, 0.717) is 18.2 Å². The summed E-state index contributed by atoms with van der Waals surface area (Å²) in [5, 5.41) is 6.83. The van der Waals surface area contributed by atoms with E-state index in [2.05, 4.69) is 29.1 Å². The van der Waals surface area contributed by atoms with Gasteiger partial charge in [-0.25, -0.2) is 0 Å². The second-order valence-electron chi connectivity index (χ2n) is 7.42. The van der Waals surface area contributed by atoms with Crippen molar-refractivity contribution in [3.05, 3.63) is 71.8 Å². The van der Waals surface area contributed by atoms with E-state index in [0.717, 1.165) is 24.0 Å². The molecular formula is C24H28N2O. The Bertz CT molecular complexity index is 797. The number of benzene rings is 1. The molecule has 0 unspecified atom stereocenters. The summed E-state index contributed by atoms with van der Waals surface area (Å²) in [4.78, 5) is 12.5. The molecular weight excluding hydrogens is 332 g/mol. The second-order valence-corrected chi connectivity index (χ2v) is 7.42. The van der Waals surface area contributed by atoms with Crippen LogP contribution in [0.3, 0.4) is 0 Å². The summed E-state index contributed by atoms with van der Waals surface area (Å²) in [6, 6.07) is 8.14. The first-order valence-corrected chi connectivity index (χ1v) is 9.77. The van der Waals surface area contributed by atoms with Crippen LogP contribution in [0.15, 0.2) is 60.7 Å². The van der Waals surface area contributed by atoms with E-state index in [-0.39, 0.29) is 11.4 Å². The lowest BCUT2D eigenvalue weighted by Gasteiger charge is -2.43. The minimum Gasteiger partial charge on any atom is -0.350 e. The molecule has 1 aromatic rings. The van der Waals surface area contributed by atoms with Crippen LogP contribution in [0.5, 0.6) is 0 Å². The van der Waals surface area contributed by atoms with Gasteiger partial charge in [-0.2, -0.15) is 0 Å². The minimum atomic E-state index is -0.0143. The van der Waals surface area contributed by atoms with Crippen LogP contribution in [0, 0.1) is 11.8 Å². The zero-order valence-electron chi connectivity index (χ0n) is 16.1. The largest absolute Gasteiger partial charge is 0.350 e. The third-order valence-electron chi connectivity index (χ3n) is 5.13. The predicted octanol–water partition coefficient (Wildman–Crippen LogP) is 4.13. The van der Waals surface area contributed by atoms with E-state index >= 15 is 0 Å². The molecule has 1 aromatic carbocycles. The molecule has 2 N–H and O–H groups in total. The van der Waals surface area contributed by atoms with Crippen LogP contribution in [0.2, 0.25) is 0 Å². The molecule has 0 aliphatic heterocycles. The predicted molar refractivity (Wildman–Crippen MR) is 111 cm³/mol. The fraction of sp³-hybridized carbons (Fsp3) is 0.375. The summed E-state index contributed by atoms with van der Waals surface area (Å²) in [5.74, 6) is 6.23. The van der Waals surface area contributed by atoms with Crippen molar-refractivity contribution >= 4 is 5.91 Å². The number of rotatable bonds is 7. The van der Waals surface area contributed by atoms with Gasteiger partial charge in [0.25, 0.3) is 5.91 Å². The van der Waals surface area contributed by atoms with E-state index in [1.54, 1.807) is 6.08 Å². The fourth-order valence-electron chi connectivity index (χ4n) is 3.28. The first-order chi connectivity index (χ1) is 13.1. The molecule has 0 spiro atoms. The molecule has 2 aliphatic rings. The number of carbonyl (C=O) groups excluding carboxylic acids is 1. The van der Waals surface area contributed by atoms with E-state index in [1.807, 2.05) is 49.4 Å². The summed E-state index contributed by atoms with van der Waals surface area (Å²) < 4.78 is 0. The van der Waals surface area contributed by atoms with Crippen LogP contribution in [-0.2, 0) is 0 Å². The molecule has 0 bridgehead atoms. The lowest BCUT2D eigenvalue weighted by Crippen LogP contribution is -2.58. The lowest BCUT2D eigenvalue weighted by atomic mass is 9.76. The maximum atomic E-state index is 12.5. The molecule has 0 radical (unpaired) electrons. The molecule has 3 heteroatoms. The summed E-state index contributed by atoms with van der Waals surface area (Å²) in [7, 11) is 0.